The summed E-state index contributed by atoms with van der Waals surface area (Å²) in [4.78, 5) is 8.78. The first-order valence-electron chi connectivity index (χ1n) is 5.97. The Kier molecular flexibility index (Phi) is 3.17. The molecule has 4 heteroatoms. The van der Waals surface area contributed by atoms with Crippen LogP contribution in [0.5, 0.6) is 0 Å². The van der Waals surface area contributed by atoms with Gasteiger partial charge in [-0.05, 0) is 46.6 Å². The minimum Gasteiger partial charge on any atom is -0.338 e. The average Bonchev–Trinajstić information content (AvgIpc) is 2.44. The summed E-state index contributed by atoms with van der Waals surface area (Å²) in [7, 11) is 0. The van der Waals surface area contributed by atoms with Crippen molar-refractivity contribution in [3.8, 4) is 0 Å². The Balaban J connectivity index is 2.09. The van der Waals surface area contributed by atoms with E-state index in [1.165, 1.54) is 0 Å². The van der Waals surface area contributed by atoms with Gasteiger partial charge in [-0.3, -0.25) is 4.98 Å². The van der Waals surface area contributed by atoms with Gasteiger partial charge in [0.15, 0.2) is 0 Å². The number of aromatic nitrogens is 2. The number of halogens is 1. The van der Waals surface area contributed by atoms with Gasteiger partial charge >= 0.3 is 0 Å². The molecule has 3 nitrogen and oxygen atoms in total. The van der Waals surface area contributed by atoms with Crippen LogP contribution < -0.4 is 5.32 Å². The van der Waals surface area contributed by atoms with E-state index in [2.05, 4.69) is 31.2 Å². The predicted octanol–water partition coefficient (Wildman–Crippen LogP) is 4.44. The normalized spacial score (nSPS) is 10.6. The minimum absolute atomic E-state index is 0.804. The predicted molar refractivity (Wildman–Crippen MR) is 81.7 cm³/mol. The van der Waals surface area contributed by atoms with Gasteiger partial charge in [0.05, 0.1) is 15.7 Å². The number of nitrogens with one attached hydrogen (secondary N) is 1. The van der Waals surface area contributed by atoms with Crippen molar-refractivity contribution in [3.63, 3.8) is 0 Å². The van der Waals surface area contributed by atoms with E-state index in [-0.39, 0.29) is 0 Å². The molecular formula is C15H12BrN3. The number of fused-ring (bicyclic) bond motifs is 1. The Hall–Kier alpha value is -1.94. The summed E-state index contributed by atoms with van der Waals surface area (Å²) in [5.74, 6) is 0.804. The third kappa shape index (κ3) is 2.31. The molecule has 0 unspecified atom stereocenters. The summed E-state index contributed by atoms with van der Waals surface area (Å²) >= 11 is 3.56. The first kappa shape index (κ1) is 12.1. The number of rotatable bonds is 2. The zero-order chi connectivity index (χ0) is 13.2. The number of hydrogen-bond acceptors (Lipinski definition) is 3. The Labute approximate surface area is 119 Å². The summed E-state index contributed by atoms with van der Waals surface area (Å²) < 4.78 is 0.975. The highest BCUT2D eigenvalue weighted by Crippen LogP contribution is 2.29. The third-order valence-corrected chi connectivity index (χ3v) is 3.97. The number of benzene rings is 1. The van der Waals surface area contributed by atoms with Gasteiger partial charge < -0.3 is 5.32 Å². The number of aryl methyl sites for hydroxylation is 1. The van der Waals surface area contributed by atoms with Crippen LogP contribution in [0.1, 0.15) is 5.56 Å². The van der Waals surface area contributed by atoms with E-state index in [4.69, 9.17) is 0 Å². The van der Waals surface area contributed by atoms with E-state index in [1.807, 2.05) is 43.3 Å². The van der Waals surface area contributed by atoms with Crippen LogP contribution in [-0.4, -0.2) is 9.97 Å². The quantitative estimate of drug-likeness (QED) is 0.759. The second kappa shape index (κ2) is 4.97. The topological polar surface area (TPSA) is 37.8 Å². The summed E-state index contributed by atoms with van der Waals surface area (Å²) in [6, 6.07) is 12.0. The molecule has 2 heterocycles. The SMILES string of the molecule is Cc1ccnc(Nc2cccc3cccnc23)c1Br. The smallest absolute Gasteiger partial charge is 0.144 e. The largest absolute Gasteiger partial charge is 0.338 e. The van der Waals surface area contributed by atoms with Crippen molar-refractivity contribution < 1.29 is 0 Å². The van der Waals surface area contributed by atoms with Crippen LogP contribution in [-0.2, 0) is 0 Å². The highest BCUT2D eigenvalue weighted by Gasteiger charge is 2.07. The van der Waals surface area contributed by atoms with Crippen LogP contribution in [0, 0.1) is 6.92 Å². The molecule has 1 aromatic carbocycles. The van der Waals surface area contributed by atoms with Crippen molar-refractivity contribution in [2.45, 2.75) is 6.92 Å². The standard InChI is InChI=1S/C15H12BrN3/c1-10-7-9-18-15(13(10)16)19-12-6-2-4-11-5-3-8-17-14(11)12/h2-9H,1H3,(H,18,19). The van der Waals surface area contributed by atoms with Gasteiger partial charge in [-0.2, -0.15) is 0 Å². The van der Waals surface area contributed by atoms with Gasteiger partial charge in [0.2, 0.25) is 0 Å². The Morgan fingerprint density at radius 1 is 1.00 bits per heavy atom. The fourth-order valence-corrected chi connectivity index (χ4v) is 2.29. The zero-order valence-corrected chi connectivity index (χ0v) is 12.0. The van der Waals surface area contributed by atoms with Gasteiger partial charge in [-0.25, -0.2) is 4.98 Å². The van der Waals surface area contributed by atoms with E-state index >= 15 is 0 Å². The third-order valence-electron chi connectivity index (χ3n) is 2.97. The van der Waals surface area contributed by atoms with Gasteiger partial charge in [-0.15, -0.1) is 0 Å². The highest BCUT2D eigenvalue weighted by atomic mass is 79.9. The maximum absolute atomic E-state index is 4.42. The van der Waals surface area contributed by atoms with Crippen molar-refractivity contribution >= 4 is 38.3 Å². The van der Waals surface area contributed by atoms with Crippen LogP contribution in [0.2, 0.25) is 0 Å². The van der Waals surface area contributed by atoms with Crippen LogP contribution in [0.15, 0.2) is 53.3 Å². The van der Waals surface area contributed by atoms with Crippen LogP contribution in [0.4, 0.5) is 11.5 Å². The molecule has 0 aliphatic heterocycles. The van der Waals surface area contributed by atoms with Crippen molar-refractivity contribution in [2.24, 2.45) is 0 Å². The van der Waals surface area contributed by atoms with E-state index in [0.717, 1.165) is 32.4 Å². The number of anilines is 2. The molecule has 0 amide bonds. The molecule has 0 saturated carbocycles. The molecular weight excluding hydrogens is 302 g/mol. The van der Waals surface area contributed by atoms with Crippen LogP contribution >= 0.6 is 15.9 Å². The van der Waals surface area contributed by atoms with Crippen LogP contribution in [0.3, 0.4) is 0 Å². The summed E-state index contributed by atoms with van der Waals surface area (Å²) in [6.07, 6.45) is 3.59. The number of hydrogen-bond donors (Lipinski definition) is 1. The Morgan fingerprint density at radius 2 is 1.84 bits per heavy atom. The molecule has 94 valence electrons. The first-order valence-corrected chi connectivity index (χ1v) is 6.77. The van der Waals surface area contributed by atoms with Crippen molar-refractivity contribution in [1.82, 2.24) is 9.97 Å². The van der Waals surface area contributed by atoms with E-state index < -0.39 is 0 Å². The summed E-state index contributed by atoms with van der Waals surface area (Å²) in [6.45, 7) is 2.04. The Bertz CT molecular complexity index is 735. The lowest BCUT2D eigenvalue weighted by Crippen LogP contribution is -1.97. The number of para-hydroxylation sites is 1. The lowest BCUT2D eigenvalue weighted by molar-refractivity contribution is 1.25. The molecule has 0 atom stereocenters. The summed E-state index contributed by atoms with van der Waals surface area (Å²) in [5, 5.41) is 4.44. The van der Waals surface area contributed by atoms with Gasteiger partial charge in [0.25, 0.3) is 0 Å². The molecule has 3 aromatic rings. The van der Waals surface area contributed by atoms with Crippen molar-refractivity contribution in [3.05, 3.63) is 58.8 Å². The van der Waals surface area contributed by atoms with Crippen molar-refractivity contribution in [2.75, 3.05) is 5.32 Å². The Morgan fingerprint density at radius 3 is 2.74 bits per heavy atom. The van der Waals surface area contributed by atoms with E-state index in [0.29, 0.717) is 0 Å². The summed E-state index contributed by atoms with van der Waals surface area (Å²) in [5.41, 5.74) is 3.04. The van der Waals surface area contributed by atoms with Crippen molar-refractivity contribution in [1.29, 1.82) is 0 Å². The van der Waals surface area contributed by atoms with Gasteiger partial charge in [0, 0.05) is 17.8 Å². The molecule has 2 aromatic heterocycles. The maximum atomic E-state index is 4.42. The molecule has 0 aliphatic rings. The first-order chi connectivity index (χ1) is 9.25. The van der Waals surface area contributed by atoms with E-state index in [9.17, 15) is 0 Å². The lowest BCUT2D eigenvalue weighted by Gasteiger charge is -2.10. The molecule has 0 radical (unpaired) electrons. The van der Waals surface area contributed by atoms with Gasteiger partial charge in [-0.1, -0.05) is 18.2 Å². The second-order valence-electron chi connectivity index (χ2n) is 4.30. The zero-order valence-electron chi connectivity index (χ0n) is 10.4. The fourth-order valence-electron chi connectivity index (χ4n) is 1.96. The second-order valence-corrected chi connectivity index (χ2v) is 5.09. The molecule has 19 heavy (non-hydrogen) atoms. The lowest BCUT2D eigenvalue weighted by atomic mass is 10.2. The number of nitrogens with zero attached hydrogens (tertiary/aromatic N) is 2. The molecule has 0 fully saturated rings. The monoisotopic (exact) mass is 313 g/mol. The fraction of sp³-hybridized carbons (Fsp3) is 0.0667. The average molecular weight is 314 g/mol. The molecule has 0 bridgehead atoms. The minimum atomic E-state index is 0.804. The molecule has 0 spiro atoms. The molecule has 0 aliphatic carbocycles. The van der Waals surface area contributed by atoms with E-state index in [1.54, 1.807) is 12.4 Å². The maximum Gasteiger partial charge on any atom is 0.144 e. The highest BCUT2D eigenvalue weighted by molar-refractivity contribution is 9.10. The molecule has 1 N–H and O–H groups in total. The van der Waals surface area contributed by atoms with Crippen LogP contribution in [0.25, 0.3) is 10.9 Å². The number of pyridine rings is 2. The molecule has 3 rings (SSSR count). The molecule has 0 saturated heterocycles. The van der Waals surface area contributed by atoms with Gasteiger partial charge in [0.1, 0.15) is 5.82 Å².